The molecule has 0 fully saturated rings. The van der Waals surface area contributed by atoms with E-state index in [0.717, 1.165) is 12.1 Å². The third-order valence-corrected chi connectivity index (χ3v) is 3.35. The molecule has 2 amide bonds. The second-order valence-corrected chi connectivity index (χ2v) is 5.49. The molecular formula is C16H17F3N2O3. The zero-order chi connectivity index (χ0) is 17.8. The monoisotopic (exact) mass is 342 g/mol. The highest BCUT2D eigenvalue weighted by Crippen LogP contribution is 2.29. The van der Waals surface area contributed by atoms with Crippen LogP contribution >= 0.6 is 0 Å². The zero-order valence-electron chi connectivity index (χ0n) is 12.9. The maximum Gasteiger partial charge on any atom is 0.416 e. The summed E-state index contributed by atoms with van der Waals surface area (Å²) in [6, 6.07) is 7.26. The molecule has 24 heavy (non-hydrogen) atoms. The van der Waals surface area contributed by atoms with Gasteiger partial charge < -0.3 is 20.2 Å². The van der Waals surface area contributed by atoms with Crippen LogP contribution in [0.3, 0.4) is 0 Å². The SMILES string of the molecule is C[C@@](O)(CNC(=O)NCc1cccc(C(F)(F)F)c1)c1ccco1. The Kier molecular flexibility index (Phi) is 5.18. The first kappa shape index (κ1) is 17.9. The summed E-state index contributed by atoms with van der Waals surface area (Å²) in [6.45, 7) is 1.28. The molecule has 0 spiro atoms. The maximum atomic E-state index is 12.6. The van der Waals surface area contributed by atoms with E-state index >= 15 is 0 Å². The van der Waals surface area contributed by atoms with Crippen LogP contribution < -0.4 is 10.6 Å². The standard InChI is InChI=1S/C16H17F3N2O3/c1-15(23,13-6-3-7-24-13)10-21-14(22)20-9-11-4-2-5-12(8-11)16(17,18)19/h2-8,23H,9-10H2,1H3,(H2,20,21,22)/t15-/m1/s1. The minimum atomic E-state index is -4.43. The Labute approximate surface area is 136 Å². The summed E-state index contributed by atoms with van der Waals surface area (Å²) in [5.74, 6) is 0.292. The smallest absolute Gasteiger partial charge is 0.416 e. The number of furan rings is 1. The van der Waals surface area contributed by atoms with Gasteiger partial charge in [-0.05, 0) is 36.8 Å². The van der Waals surface area contributed by atoms with Gasteiger partial charge in [0.25, 0.3) is 0 Å². The normalized spacial score (nSPS) is 14.0. The van der Waals surface area contributed by atoms with Crippen molar-refractivity contribution in [1.29, 1.82) is 0 Å². The third kappa shape index (κ3) is 4.76. The average molecular weight is 342 g/mol. The van der Waals surface area contributed by atoms with Crippen molar-refractivity contribution in [2.75, 3.05) is 6.54 Å². The molecule has 0 aliphatic rings. The molecule has 2 rings (SSSR count). The number of carbonyl (C=O) groups excluding carboxylic acids is 1. The van der Waals surface area contributed by atoms with Crippen LogP contribution in [0.5, 0.6) is 0 Å². The van der Waals surface area contributed by atoms with E-state index in [2.05, 4.69) is 10.6 Å². The fourth-order valence-electron chi connectivity index (χ4n) is 2.03. The van der Waals surface area contributed by atoms with Crippen LogP contribution in [-0.4, -0.2) is 17.7 Å². The van der Waals surface area contributed by atoms with E-state index < -0.39 is 23.4 Å². The van der Waals surface area contributed by atoms with Crippen LogP contribution in [0.25, 0.3) is 0 Å². The molecule has 1 atom stereocenters. The summed E-state index contributed by atoms with van der Waals surface area (Å²) in [5.41, 5.74) is -1.85. The average Bonchev–Trinajstić information content (AvgIpc) is 3.06. The number of urea groups is 1. The van der Waals surface area contributed by atoms with Crippen molar-refractivity contribution >= 4 is 6.03 Å². The molecule has 0 aliphatic heterocycles. The molecule has 3 N–H and O–H groups in total. The molecule has 0 saturated carbocycles. The Hall–Kier alpha value is -2.48. The molecule has 0 aliphatic carbocycles. The van der Waals surface area contributed by atoms with E-state index in [4.69, 9.17) is 4.42 Å². The van der Waals surface area contributed by atoms with Gasteiger partial charge in [-0.15, -0.1) is 0 Å². The second kappa shape index (κ2) is 6.96. The molecule has 1 heterocycles. The maximum absolute atomic E-state index is 12.6. The van der Waals surface area contributed by atoms with Gasteiger partial charge >= 0.3 is 12.2 Å². The van der Waals surface area contributed by atoms with Gasteiger partial charge in [-0.2, -0.15) is 13.2 Å². The number of halogens is 3. The first-order valence-corrected chi connectivity index (χ1v) is 7.13. The summed E-state index contributed by atoms with van der Waals surface area (Å²) >= 11 is 0. The van der Waals surface area contributed by atoms with Crippen molar-refractivity contribution in [2.24, 2.45) is 0 Å². The highest BCUT2D eigenvalue weighted by molar-refractivity contribution is 5.73. The Morgan fingerprint density at radius 3 is 2.58 bits per heavy atom. The van der Waals surface area contributed by atoms with Crippen molar-refractivity contribution in [3.63, 3.8) is 0 Å². The van der Waals surface area contributed by atoms with E-state index in [0.29, 0.717) is 11.3 Å². The number of aliphatic hydroxyl groups is 1. The van der Waals surface area contributed by atoms with Gasteiger partial charge in [0.05, 0.1) is 18.4 Å². The number of alkyl halides is 3. The molecule has 0 bridgehead atoms. The van der Waals surface area contributed by atoms with Gasteiger partial charge in [-0.25, -0.2) is 4.79 Å². The van der Waals surface area contributed by atoms with Gasteiger partial charge in [0.15, 0.2) is 0 Å². The summed E-state index contributed by atoms with van der Waals surface area (Å²) in [4.78, 5) is 11.7. The molecule has 0 unspecified atom stereocenters. The van der Waals surface area contributed by atoms with Crippen molar-refractivity contribution in [3.8, 4) is 0 Å². The van der Waals surface area contributed by atoms with E-state index in [1.165, 1.54) is 25.3 Å². The zero-order valence-corrected chi connectivity index (χ0v) is 12.9. The van der Waals surface area contributed by atoms with Crippen LogP contribution in [0.15, 0.2) is 47.1 Å². The number of amides is 2. The molecule has 0 radical (unpaired) electrons. The number of benzene rings is 1. The lowest BCUT2D eigenvalue weighted by Crippen LogP contribution is -2.43. The number of rotatable bonds is 5. The quantitative estimate of drug-likeness (QED) is 0.782. The van der Waals surface area contributed by atoms with Crippen LogP contribution in [0.2, 0.25) is 0 Å². The summed E-state index contributed by atoms with van der Waals surface area (Å²) in [7, 11) is 0. The van der Waals surface area contributed by atoms with Crippen LogP contribution in [-0.2, 0) is 18.3 Å². The van der Waals surface area contributed by atoms with Crippen molar-refractivity contribution in [2.45, 2.75) is 25.2 Å². The minimum Gasteiger partial charge on any atom is -0.466 e. The lowest BCUT2D eigenvalue weighted by atomic mass is 10.0. The van der Waals surface area contributed by atoms with Crippen LogP contribution in [0.1, 0.15) is 23.8 Å². The molecule has 1 aromatic carbocycles. The van der Waals surface area contributed by atoms with E-state index in [9.17, 15) is 23.1 Å². The summed E-state index contributed by atoms with van der Waals surface area (Å²) in [5, 5.41) is 15.1. The van der Waals surface area contributed by atoms with E-state index in [-0.39, 0.29) is 13.1 Å². The Bertz CT molecular complexity index is 682. The lowest BCUT2D eigenvalue weighted by Gasteiger charge is -2.21. The molecule has 130 valence electrons. The molecule has 0 saturated heterocycles. The Balaban J connectivity index is 1.86. The Morgan fingerprint density at radius 1 is 1.21 bits per heavy atom. The van der Waals surface area contributed by atoms with Crippen LogP contribution in [0.4, 0.5) is 18.0 Å². The van der Waals surface area contributed by atoms with Gasteiger partial charge in [0, 0.05) is 6.54 Å². The minimum absolute atomic E-state index is 0.0708. The molecule has 1 aromatic heterocycles. The van der Waals surface area contributed by atoms with Gasteiger partial charge in [-0.3, -0.25) is 0 Å². The fourth-order valence-corrected chi connectivity index (χ4v) is 2.03. The second-order valence-electron chi connectivity index (χ2n) is 5.49. The van der Waals surface area contributed by atoms with Gasteiger partial charge in [-0.1, -0.05) is 12.1 Å². The highest BCUT2D eigenvalue weighted by atomic mass is 19.4. The van der Waals surface area contributed by atoms with Crippen molar-refractivity contribution < 1.29 is 27.5 Å². The topological polar surface area (TPSA) is 74.5 Å². The first-order chi connectivity index (χ1) is 11.2. The summed E-state index contributed by atoms with van der Waals surface area (Å²) in [6.07, 6.45) is -3.03. The molecular weight excluding hydrogens is 325 g/mol. The predicted molar refractivity (Wildman–Crippen MR) is 80.0 cm³/mol. The predicted octanol–water partition coefficient (Wildman–Crippen LogP) is 3.01. The van der Waals surface area contributed by atoms with E-state index in [1.54, 1.807) is 12.1 Å². The molecule has 2 aromatic rings. The first-order valence-electron chi connectivity index (χ1n) is 7.13. The van der Waals surface area contributed by atoms with Gasteiger partial charge in [0.2, 0.25) is 0 Å². The summed E-state index contributed by atoms with van der Waals surface area (Å²) < 4.78 is 42.9. The van der Waals surface area contributed by atoms with Crippen LogP contribution in [0, 0.1) is 0 Å². The molecule has 5 nitrogen and oxygen atoms in total. The number of carbonyl (C=O) groups is 1. The van der Waals surface area contributed by atoms with Gasteiger partial charge in [0.1, 0.15) is 11.4 Å². The third-order valence-electron chi connectivity index (χ3n) is 3.35. The highest BCUT2D eigenvalue weighted by Gasteiger charge is 2.30. The van der Waals surface area contributed by atoms with Crippen molar-refractivity contribution in [3.05, 3.63) is 59.5 Å². The number of hydrogen-bond acceptors (Lipinski definition) is 3. The Morgan fingerprint density at radius 2 is 1.96 bits per heavy atom. The largest absolute Gasteiger partial charge is 0.466 e. The molecule has 8 heteroatoms. The van der Waals surface area contributed by atoms with E-state index in [1.807, 2.05) is 0 Å². The lowest BCUT2D eigenvalue weighted by molar-refractivity contribution is -0.137. The van der Waals surface area contributed by atoms with Crippen molar-refractivity contribution in [1.82, 2.24) is 10.6 Å². The fraction of sp³-hybridized carbons (Fsp3) is 0.312. The number of nitrogens with one attached hydrogen (secondary N) is 2. The number of hydrogen-bond donors (Lipinski definition) is 3.